The predicted octanol–water partition coefficient (Wildman–Crippen LogP) is 0.659. The summed E-state index contributed by atoms with van der Waals surface area (Å²) in [4.78, 5) is 4.19. The van der Waals surface area contributed by atoms with Crippen molar-refractivity contribution >= 4 is 5.84 Å². The fourth-order valence-electron chi connectivity index (χ4n) is 0.744. The Kier molecular flexibility index (Phi) is 1.51. The summed E-state index contributed by atoms with van der Waals surface area (Å²) in [6.45, 7) is 6.06. The third-order valence-corrected chi connectivity index (χ3v) is 1.16. The Labute approximate surface area is 50.0 Å². The molecule has 0 aromatic carbocycles. The molecule has 45 valence electrons. The second kappa shape index (κ2) is 2.16. The normalized spacial score (nSPS) is 18.6. The van der Waals surface area contributed by atoms with Crippen molar-refractivity contribution in [1.82, 2.24) is 5.32 Å². The van der Waals surface area contributed by atoms with Gasteiger partial charge in [0.25, 0.3) is 0 Å². The zero-order valence-corrected chi connectivity index (χ0v) is 5.39. The van der Waals surface area contributed by atoms with Crippen LogP contribution in [0.1, 0.15) is 13.8 Å². The van der Waals surface area contributed by atoms with Crippen molar-refractivity contribution < 1.29 is 0 Å². The van der Waals surface area contributed by atoms with Gasteiger partial charge in [-0.25, -0.2) is 0 Å². The number of rotatable bonds is 1. The molecule has 0 N–H and O–H groups in total. The van der Waals surface area contributed by atoms with Gasteiger partial charge in [0.05, 0.1) is 13.1 Å². The van der Waals surface area contributed by atoms with Crippen LogP contribution in [0.4, 0.5) is 0 Å². The Hall–Kier alpha value is -0.530. The molecule has 1 aliphatic rings. The van der Waals surface area contributed by atoms with Gasteiger partial charge in [0, 0.05) is 5.92 Å². The van der Waals surface area contributed by atoms with E-state index in [2.05, 4.69) is 24.2 Å². The van der Waals surface area contributed by atoms with Gasteiger partial charge in [-0.2, -0.15) is 0 Å². The molecule has 0 atom stereocenters. The standard InChI is InChI=1S/C6H11N2/c1-5(2)6-7-3-4-8-6/h5H,3-4H2,1-2H3. The third-order valence-electron chi connectivity index (χ3n) is 1.16. The Balaban J connectivity index is 2.45. The Morgan fingerprint density at radius 3 is 2.38 bits per heavy atom. The monoisotopic (exact) mass is 111 g/mol. The Bertz CT molecular complexity index is 105. The van der Waals surface area contributed by atoms with Gasteiger partial charge >= 0.3 is 0 Å². The lowest BCUT2D eigenvalue weighted by Crippen LogP contribution is -2.15. The lowest BCUT2D eigenvalue weighted by atomic mass is 10.2. The number of nitrogens with zero attached hydrogens (tertiary/aromatic N) is 2. The molecule has 0 bridgehead atoms. The van der Waals surface area contributed by atoms with Crippen molar-refractivity contribution in [3.63, 3.8) is 0 Å². The summed E-state index contributed by atoms with van der Waals surface area (Å²) in [6.07, 6.45) is 0. The van der Waals surface area contributed by atoms with Gasteiger partial charge < -0.3 is 0 Å². The molecule has 8 heavy (non-hydrogen) atoms. The predicted molar refractivity (Wildman–Crippen MR) is 34.1 cm³/mol. The highest BCUT2D eigenvalue weighted by Crippen LogP contribution is 1.99. The van der Waals surface area contributed by atoms with Gasteiger partial charge in [-0.05, 0) is 0 Å². The smallest absolute Gasteiger partial charge is 0.120 e. The minimum Gasteiger partial charge on any atom is -0.269 e. The average molecular weight is 111 g/mol. The summed E-state index contributed by atoms with van der Waals surface area (Å²) in [6, 6.07) is 0. The fraction of sp³-hybridized carbons (Fsp3) is 0.833. The second-order valence-electron chi connectivity index (χ2n) is 2.28. The van der Waals surface area contributed by atoms with Gasteiger partial charge in [-0.1, -0.05) is 13.8 Å². The van der Waals surface area contributed by atoms with E-state index in [1.807, 2.05) is 0 Å². The van der Waals surface area contributed by atoms with Crippen molar-refractivity contribution in [2.75, 3.05) is 13.1 Å². The van der Waals surface area contributed by atoms with Crippen LogP contribution in [0.3, 0.4) is 0 Å². The third kappa shape index (κ3) is 0.997. The van der Waals surface area contributed by atoms with Crippen molar-refractivity contribution in [2.24, 2.45) is 10.9 Å². The maximum atomic E-state index is 4.19. The minimum atomic E-state index is 0.525. The summed E-state index contributed by atoms with van der Waals surface area (Å²) in [5.74, 6) is 1.57. The van der Waals surface area contributed by atoms with E-state index in [-0.39, 0.29) is 0 Å². The van der Waals surface area contributed by atoms with Crippen molar-refractivity contribution in [1.29, 1.82) is 0 Å². The molecule has 0 aromatic heterocycles. The summed E-state index contributed by atoms with van der Waals surface area (Å²) < 4.78 is 0. The molecule has 0 saturated carbocycles. The molecule has 0 aliphatic carbocycles. The molecule has 1 heterocycles. The van der Waals surface area contributed by atoms with E-state index in [1.165, 1.54) is 0 Å². The van der Waals surface area contributed by atoms with Crippen LogP contribution in [0.25, 0.3) is 0 Å². The van der Waals surface area contributed by atoms with Crippen LogP contribution in [0.5, 0.6) is 0 Å². The lowest BCUT2D eigenvalue weighted by Gasteiger charge is -2.00. The first-order chi connectivity index (χ1) is 3.80. The van der Waals surface area contributed by atoms with E-state index in [0.29, 0.717) is 5.92 Å². The van der Waals surface area contributed by atoms with E-state index < -0.39 is 0 Å². The van der Waals surface area contributed by atoms with Crippen LogP contribution >= 0.6 is 0 Å². The first-order valence-corrected chi connectivity index (χ1v) is 3.02. The number of aliphatic imine (C=N–C) groups is 1. The highest BCUT2D eigenvalue weighted by molar-refractivity contribution is 5.84. The molecule has 0 fully saturated rings. The lowest BCUT2D eigenvalue weighted by molar-refractivity contribution is 0.832. The van der Waals surface area contributed by atoms with Crippen molar-refractivity contribution in [3.8, 4) is 0 Å². The topological polar surface area (TPSA) is 26.5 Å². The molecule has 0 unspecified atom stereocenters. The highest BCUT2D eigenvalue weighted by Gasteiger charge is 2.09. The van der Waals surface area contributed by atoms with E-state index >= 15 is 0 Å². The van der Waals surface area contributed by atoms with Crippen LogP contribution < -0.4 is 5.32 Å². The average Bonchev–Trinajstić information content (AvgIpc) is 2.12. The molecule has 2 nitrogen and oxygen atoms in total. The Morgan fingerprint density at radius 1 is 1.38 bits per heavy atom. The molecule has 0 amide bonds. The summed E-state index contributed by atoms with van der Waals surface area (Å²) in [7, 11) is 0. The van der Waals surface area contributed by atoms with Crippen molar-refractivity contribution in [3.05, 3.63) is 0 Å². The van der Waals surface area contributed by atoms with Crippen LogP contribution in [-0.4, -0.2) is 18.9 Å². The number of amidine groups is 1. The van der Waals surface area contributed by atoms with Crippen LogP contribution in [0, 0.1) is 5.92 Å². The fourth-order valence-corrected chi connectivity index (χ4v) is 0.744. The van der Waals surface area contributed by atoms with E-state index in [1.54, 1.807) is 0 Å². The van der Waals surface area contributed by atoms with Gasteiger partial charge in [0.1, 0.15) is 5.84 Å². The van der Waals surface area contributed by atoms with Gasteiger partial charge in [-0.3, -0.25) is 10.3 Å². The summed E-state index contributed by atoms with van der Waals surface area (Å²) in [5, 5.41) is 4.19. The summed E-state index contributed by atoms with van der Waals surface area (Å²) >= 11 is 0. The van der Waals surface area contributed by atoms with Crippen molar-refractivity contribution in [2.45, 2.75) is 13.8 Å². The molecular formula is C6H11N2. The Morgan fingerprint density at radius 2 is 2.12 bits per heavy atom. The molecule has 1 aliphatic heterocycles. The zero-order chi connectivity index (χ0) is 5.98. The van der Waals surface area contributed by atoms with Crippen LogP contribution in [0.2, 0.25) is 0 Å². The molecular weight excluding hydrogens is 100 g/mol. The van der Waals surface area contributed by atoms with Gasteiger partial charge in [0.15, 0.2) is 0 Å². The first kappa shape index (κ1) is 5.60. The number of hydrogen-bond acceptors (Lipinski definition) is 1. The maximum Gasteiger partial charge on any atom is 0.120 e. The largest absolute Gasteiger partial charge is 0.269 e. The second-order valence-corrected chi connectivity index (χ2v) is 2.28. The van der Waals surface area contributed by atoms with E-state index in [0.717, 1.165) is 18.9 Å². The molecule has 1 radical (unpaired) electrons. The van der Waals surface area contributed by atoms with Gasteiger partial charge in [0.2, 0.25) is 0 Å². The van der Waals surface area contributed by atoms with E-state index in [9.17, 15) is 0 Å². The molecule has 1 rings (SSSR count). The number of hydrogen-bond donors (Lipinski definition) is 0. The van der Waals surface area contributed by atoms with Crippen LogP contribution in [-0.2, 0) is 0 Å². The zero-order valence-electron chi connectivity index (χ0n) is 5.39. The molecule has 2 heteroatoms. The SMILES string of the molecule is CC(C)C1=NCC[N]1. The quantitative estimate of drug-likeness (QED) is 0.475. The molecule has 0 aromatic rings. The molecule has 0 saturated heterocycles. The minimum absolute atomic E-state index is 0.525. The van der Waals surface area contributed by atoms with Crippen LogP contribution in [0.15, 0.2) is 4.99 Å². The molecule has 0 spiro atoms. The first-order valence-electron chi connectivity index (χ1n) is 3.02. The van der Waals surface area contributed by atoms with Gasteiger partial charge in [-0.15, -0.1) is 0 Å². The highest BCUT2D eigenvalue weighted by atomic mass is 15.1. The summed E-state index contributed by atoms with van der Waals surface area (Å²) in [5.41, 5.74) is 0. The van der Waals surface area contributed by atoms with E-state index in [4.69, 9.17) is 0 Å². The maximum absolute atomic E-state index is 4.19.